The number of rotatable bonds is 4. The lowest BCUT2D eigenvalue weighted by Crippen LogP contribution is -2.26. The quantitative estimate of drug-likeness (QED) is 0.897. The number of hydrogen-bond acceptors (Lipinski definition) is 2. The summed E-state index contributed by atoms with van der Waals surface area (Å²) in [6.45, 7) is 1.84. The van der Waals surface area contributed by atoms with Crippen molar-refractivity contribution in [1.82, 2.24) is 0 Å². The number of anilines is 1. The zero-order chi connectivity index (χ0) is 13.8. The molecule has 0 aliphatic carbocycles. The molecule has 0 aliphatic heterocycles. The molecule has 7 heteroatoms. The van der Waals surface area contributed by atoms with Gasteiger partial charge in [-0.2, -0.15) is 13.2 Å². The van der Waals surface area contributed by atoms with E-state index in [4.69, 9.17) is 5.73 Å². The maximum absolute atomic E-state index is 12.2. The molecule has 1 aromatic rings. The number of carbonyl (C=O) groups is 1. The minimum absolute atomic E-state index is 0. The summed E-state index contributed by atoms with van der Waals surface area (Å²) in [4.78, 5) is 11.5. The monoisotopic (exact) mass is 296 g/mol. The molecule has 0 radical (unpaired) electrons. The van der Waals surface area contributed by atoms with Crippen LogP contribution in [0.4, 0.5) is 18.9 Å². The average molecular weight is 297 g/mol. The number of amides is 1. The maximum Gasteiger partial charge on any atom is 0.393 e. The van der Waals surface area contributed by atoms with E-state index in [1.54, 1.807) is 13.0 Å². The lowest BCUT2D eigenvalue weighted by Gasteiger charge is -2.11. The second-order valence-electron chi connectivity index (χ2n) is 4.12. The molecule has 3 N–H and O–H groups in total. The first-order valence-electron chi connectivity index (χ1n) is 5.48. The van der Waals surface area contributed by atoms with Gasteiger partial charge in [0.15, 0.2) is 0 Å². The van der Waals surface area contributed by atoms with Gasteiger partial charge >= 0.3 is 6.18 Å². The fraction of sp³-hybridized carbons (Fsp3) is 0.417. The van der Waals surface area contributed by atoms with Crippen LogP contribution in [0.25, 0.3) is 0 Å². The molecule has 0 fully saturated rings. The number of carbonyl (C=O) groups excluding carboxylic acids is 1. The Morgan fingerprint density at radius 3 is 2.58 bits per heavy atom. The van der Waals surface area contributed by atoms with Crippen LogP contribution in [0.15, 0.2) is 24.3 Å². The second-order valence-corrected chi connectivity index (χ2v) is 4.12. The minimum atomic E-state index is -4.26. The van der Waals surface area contributed by atoms with Gasteiger partial charge in [-0.15, -0.1) is 12.4 Å². The van der Waals surface area contributed by atoms with Crippen LogP contribution in [0.2, 0.25) is 0 Å². The maximum atomic E-state index is 12.2. The Balaban J connectivity index is 0.00000324. The summed E-state index contributed by atoms with van der Waals surface area (Å²) < 4.78 is 36.6. The fourth-order valence-electron chi connectivity index (χ4n) is 1.36. The predicted molar refractivity (Wildman–Crippen MR) is 70.3 cm³/mol. The van der Waals surface area contributed by atoms with Crippen molar-refractivity contribution in [3.8, 4) is 0 Å². The van der Waals surface area contributed by atoms with E-state index in [0.717, 1.165) is 0 Å². The van der Waals surface area contributed by atoms with Gasteiger partial charge in [-0.25, -0.2) is 0 Å². The molecule has 0 aliphatic rings. The predicted octanol–water partition coefficient (Wildman–Crippen LogP) is 2.75. The second kappa shape index (κ2) is 7.35. The van der Waals surface area contributed by atoms with Gasteiger partial charge in [-0.05, 0) is 17.7 Å². The number of nitrogens with one attached hydrogen (secondary N) is 1. The minimum Gasteiger partial charge on any atom is -0.330 e. The normalized spacial score (nSPS) is 12.5. The van der Waals surface area contributed by atoms with Crippen molar-refractivity contribution < 1.29 is 18.0 Å². The van der Waals surface area contributed by atoms with Gasteiger partial charge in [-0.1, -0.05) is 19.1 Å². The number of alkyl halides is 3. The SMILES string of the molecule is CC(CN)C(=O)Nc1cccc(CC(F)(F)F)c1.Cl. The van der Waals surface area contributed by atoms with Crippen LogP contribution in [-0.4, -0.2) is 18.6 Å². The Bertz CT molecular complexity index is 424. The Hall–Kier alpha value is -1.27. The van der Waals surface area contributed by atoms with E-state index in [-0.39, 0.29) is 36.3 Å². The van der Waals surface area contributed by atoms with Crippen LogP contribution >= 0.6 is 12.4 Å². The number of halogens is 4. The summed E-state index contributed by atoms with van der Waals surface area (Å²) in [7, 11) is 0. The van der Waals surface area contributed by atoms with Gasteiger partial charge in [0.2, 0.25) is 5.91 Å². The van der Waals surface area contributed by atoms with Crippen LogP contribution in [0, 0.1) is 5.92 Å². The van der Waals surface area contributed by atoms with E-state index in [2.05, 4.69) is 5.32 Å². The van der Waals surface area contributed by atoms with Crippen molar-refractivity contribution in [2.75, 3.05) is 11.9 Å². The van der Waals surface area contributed by atoms with Crippen LogP contribution in [0.1, 0.15) is 12.5 Å². The van der Waals surface area contributed by atoms with Gasteiger partial charge in [-0.3, -0.25) is 4.79 Å². The molecule has 1 atom stereocenters. The van der Waals surface area contributed by atoms with Gasteiger partial charge in [0.25, 0.3) is 0 Å². The summed E-state index contributed by atoms with van der Waals surface area (Å²) >= 11 is 0. The van der Waals surface area contributed by atoms with E-state index in [9.17, 15) is 18.0 Å². The molecule has 0 saturated carbocycles. The van der Waals surface area contributed by atoms with Crippen LogP contribution in [0.3, 0.4) is 0 Å². The summed E-state index contributed by atoms with van der Waals surface area (Å²) in [5.74, 6) is -0.682. The van der Waals surface area contributed by atoms with Crippen molar-refractivity contribution in [3.05, 3.63) is 29.8 Å². The van der Waals surface area contributed by atoms with Gasteiger partial charge in [0, 0.05) is 18.2 Å². The summed E-state index contributed by atoms with van der Waals surface area (Å²) in [6.07, 6.45) is -5.27. The molecule has 0 aromatic heterocycles. The van der Waals surface area contributed by atoms with Crippen LogP contribution < -0.4 is 11.1 Å². The molecule has 0 saturated heterocycles. The molecule has 1 rings (SSSR count). The molecule has 0 spiro atoms. The highest BCUT2D eigenvalue weighted by Gasteiger charge is 2.27. The number of nitrogens with two attached hydrogens (primary N) is 1. The zero-order valence-corrected chi connectivity index (χ0v) is 11.1. The highest BCUT2D eigenvalue weighted by atomic mass is 35.5. The zero-order valence-electron chi connectivity index (χ0n) is 10.3. The van der Waals surface area contributed by atoms with Crippen molar-refractivity contribution >= 4 is 24.0 Å². The lowest BCUT2D eigenvalue weighted by molar-refractivity contribution is -0.127. The van der Waals surface area contributed by atoms with Gasteiger partial charge in [0.05, 0.1) is 6.42 Å². The average Bonchev–Trinajstić information content (AvgIpc) is 2.26. The molecule has 0 heterocycles. The number of benzene rings is 1. The van der Waals surface area contributed by atoms with Crippen molar-refractivity contribution in [3.63, 3.8) is 0 Å². The fourth-order valence-corrected chi connectivity index (χ4v) is 1.36. The van der Waals surface area contributed by atoms with E-state index in [1.165, 1.54) is 18.2 Å². The largest absolute Gasteiger partial charge is 0.393 e. The third-order valence-electron chi connectivity index (χ3n) is 2.40. The lowest BCUT2D eigenvalue weighted by atomic mass is 10.1. The van der Waals surface area contributed by atoms with Crippen molar-refractivity contribution in [2.45, 2.75) is 19.5 Å². The molecule has 1 aromatic carbocycles. The van der Waals surface area contributed by atoms with E-state index in [1.807, 2.05) is 0 Å². The molecule has 1 amide bonds. The van der Waals surface area contributed by atoms with Crippen LogP contribution in [-0.2, 0) is 11.2 Å². The summed E-state index contributed by atoms with van der Waals surface area (Å²) in [5.41, 5.74) is 5.79. The molecular weight excluding hydrogens is 281 g/mol. The summed E-state index contributed by atoms with van der Waals surface area (Å²) in [6, 6.07) is 5.70. The first-order valence-corrected chi connectivity index (χ1v) is 5.48. The highest BCUT2D eigenvalue weighted by molar-refractivity contribution is 5.92. The topological polar surface area (TPSA) is 55.1 Å². The summed E-state index contributed by atoms with van der Waals surface area (Å²) in [5, 5.41) is 2.53. The molecule has 1 unspecified atom stereocenters. The number of hydrogen-bond donors (Lipinski definition) is 2. The van der Waals surface area contributed by atoms with E-state index >= 15 is 0 Å². The molecule has 0 bridgehead atoms. The Morgan fingerprint density at radius 2 is 2.05 bits per heavy atom. The van der Waals surface area contributed by atoms with Crippen LogP contribution in [0.5, 0.6) is 0 Å². The molecular formula is C12H16ClF3N2O. The third-order valence-corrected chi connectivity index (χ3v) is 2.40. The molecule has 3 nitrogen and oxygen atoms in total. The van der Waals surface area contributed by atoms with E-state index in [0.29, 0.717) is 5.69 Å². The van der Waals surface area contributed by atoms with Crippen molar-refractivity contribution in [2.24, 2.45) is 11.7 Å². The first-order chi connectivity index (χ1) is 8.31. The smallest absolute Gasteiger partial charge is 0.330 e. The molecule has 108 valence electrons. The standard InChI is InChI=1S/C12H15F3N2O.ClH/c1-8(7-16)11(18)17-10-4-2-3-9(5-10)6-12(13,14)15;/h2-5,8H,6-7,16H2,1H3,(H,17,18);1H. The van der Waals surface area contributed by atoms with Crippen molar-refractivity contribution in [1.29, 1.82) is 0 Å². The third kappa shape index (κ3) is 6.45. The highest BCUT2D eigenvalue weighted by Crippen LogP contribution is 2.23. The Labute approximate surface area is 115 Å². The Kier molecular flexibility index (Phi) is 6.86. The molecule has 19 heavy (non-hydrogen) atoms. The van der Waals surface area contributed by atoms with Gasteiger partial charge in [0.1, 0.15) is 0 Å². The first kappa shape index (κ1) is 17.7. The van der Waals surface area contributed by atoms with E-state index < -0.39 is 12.6 Å². The van der Waals surface area contributed by atoms with Gasteiger partial charge < -0.3 is 11.1 Å². The Morgan fingerprint density at radius 1 is 1.42 bits per heavy atom.